The van der Waals surface area contributed by atoms with Crippen LogP contribution >= 0.6 is 0 Å². The number of nitrogens with zero attached hydrogens (tertiary/aromatic N) is 2. The van der Waals surface area contributed by atoms with Gasteiger partial charge in [0.05, 0.1) is 0 Å². The second-order valence-electron chi connectivity index (χ2n) is 9.89. The van der Waals surface area contributed by atoms with Crippen molar-refractivity contribution in [3.63, 3.8) is 0 Å². The maximum atomic E-state index is 6.36. The first kappa shape index (κ1) is 22.9. The smallest absolute Gasteiger partial charge is 0.119 e. The Morgan fingerprint density at radius 2 is 1.53 bits per heavy atom. The zero-order valence-corrected chi connectivity index (χ0v) is 20.3. The molecule has 34 heavy (non-hydrogen) atoms. The average Bonchev–Trinajstić information content (AvgIpc) is 3.08. The predicted molar refractivity (Wildman–Crippen MR) is 140 cm³/mol. The van der Waals surface area contributed by atoms with Gasteiger partial charge in [-0.15, -0.1) is 0 Å². The number of nitrogens with two attached hydrogens (primary N) is 1. The lowest BCUT2D eigenvalue weighted by Crippen LogP contribution is -2.39. The summed E-state index contributed by atoms with van der Waals surface area (Å²) in [6.45, 7) is 7.64. The van der Waals surface area contributed by atoms with Crippen molar-refractivity contribution in [3.8, 4) is 5.75 Å². The lowest BCUT2D eigenvalue weighted by atomic mass is 10.0. The second kappa shape index (κ2) is 10.6. The molecule has 4 heteroatoms. The number of benzene rings is 3. The van der Waals surface area contributed by atoms with E-state index in [0.717, 1.165) is 69.8 Å². The van der Waals surface area contributed by atoms with E-state index in [4.69, 9.17) is 10.5 Å². The predicted octanol–water partition coefficient (Wildman–Crippen LogP) is 5.47. The van der Waals surface area contributed by atoms with Crippen molar-refractivity contribution in [2.24, 2.45) is 0 Å². The van der Waals surface area contributed by atoms with Crippen LogP contribution in [0.2, 0.25) is 0 Å². The first-order valence-electron chi connectivity index (χ1n) is 12.8. The Balaban J connectivity index is 1.09. The molecule has 3 aromatic rings. The number of anilines is 1. The fourth-order valence-corrected chi connectivity index (χ4v) is 5.41. The van der Waals surface area contributed by atoms with Gasteiger partial charge in [0.2, 0.25) is 0 Å². The highest BCUT2D eigenvalue weighted by atomic mass is 16.5. The zero-order chi connectivity index (χ0) is 23.3. The van der Waals surface area contributed by atoms with Gasteiger partial charge in [-0.2, -0.15) is 0 Å². The van der Waals surface area contributed by atoms with Gasteiger partial charge in [-0.05, 0) is 79.1 Å². The lowest BCUT2D eigenvalue weighted by Gasteiger charge is -2.36. The van der Waals surface area contributed by atoms with E-state index in [1.807, 2.05) is 12.1 Å². The fraction of sp³-hybridized carbons (Fsp3) is 0.400. The SMILES string of the molecule is CC(c1cccc(N)c1)N1CCC(Oc2ccc(CN3CCc4ccccc4CC3)cc2)CC1. The third kappa shape index (κ3) is 5.63. The van der Waals surface area contributed by atoms with Crippen molar-refractivity contribution in [1.82, 2.24) is 9.80 Å². The van der Waals surface area contributed by atoms with Crippen LogP contribution in [0.25, 0.3) is 0 Å². The van der Waals surface area contributed by atoms with Crippen LogP contribution in [0.3, 0.4) is 0 Å². The van der Waals surface area contributed by atoms with E-state index in [0.29, 0.717) is 12.1 Å². The van der Waals surface area contributed by atoms with Gasteiger partial charge in [0.25, 0.3) is 0 Å². The summed E-state index contributed by atoms with van der Waals surface area (Å²) in [7, 11) is 0. The molecule has 2 aliphatic rings. The molecule has 2 N–H and O–H groups in total. The summed E-state index contributed by atoms with van der Waals surface area (Å²) in [4.78, 5) is 5.12. The molecule has 5 rings (SSSR count). The first-order valence-corrected chi connectivity index (χ1v) is 12.8. The minimum absolute atomic E-state index is 0.291. The molecule has 1 atom stereocenters. The number of rotatable bonds is 6. The van der Waals surface area contributed by atoms with Gasteiger partial charge in [0.1, 0.15) is 11.9 Å². The molecular weight excluding hydrogens is 418 g/mol. The Labute approximate surface area is 204 Å². The standard InChI is InChI=1S/C30H37N3O/c1-23(27-7-4-8-28(31)21-27)33-19-15-30(16-20-33)34-29-11-9-24(10-12-29)22-32-17-13-25-5-2-3-6-26(25)14-18-32/h2-12,21,23,30H,13-20,22,31H2,1H3. The van der Waals surface area contributed by atoms with Gasteiger partial charge in [0, 0.05) is 44.5 Å². The largest absolute Gasteiger partial charge is 0.490 e. The Bertz CT molecular complexity index is 1050. The Morgan fingerprint density at radius 3 is 2.18 bits per heavy atom. The van der Waals surface area contributed by atoms with Crippen molar-refractivity contribution in [2.45, 2.75) is 51.3 Å². The third-order valence-corrected chi connectivity index (χ3v) is 7.56. The van der Waals surface area contributed by atoms with E-state index in [9.17, 15) is 0 Å². The molecule has 3 aromatic carbocycles. The average molecular weight is 456 g/mol. The molecular formula is C30H37N3O. The van der Waals surface area contributed by atoms with E-state index >= 15 is 0 Å². The summed E-state index contributed by atoms with van der Waals surface area (Å²) in [5, 5.41) is 0. The van der Waals surface area contributed by atoms with E-state index in [1.54, 1.807) is 0 Å². The van der Waals surface area contributed by atoms with E-state index < -0.39 is 0 Å². The van der Waals surface area contributed by atoms with E-state index in [1.165, 1.54) is 22.3 Å². The van der Waals surface area contributed by atoms with Gasteiger partial charge in [-0.25, -0.2) is 0 Å². The highest BCUT2D eigenvalue weighted by Crippen LogP contribution is 2.27. The topological polar surface area (TPSA) is 41.7 Å². The van der Waals surface area contributed by atoms with Crippen LogP contribution in [0.5, 0.6) is 5.75 Å². The molecule has 4 nitrogen and oxygen atoms in total. The maximum Gasteiger partial charge on any atom is 0.119 e. The highest BCUT2D eigenvalue weighted by molar-refractivity contribution is 5.41. The molecule has 0 saturated carbocycles. The summed E-state index contributed by atoms with van der Waals surface area (Å²) < 4.78 is 6.36. The fourth-order valence-electron chi connectivity index (χ4n) is 5.41. The Morgan fingerprint density at radius 1 is 0.853 bits per heavy atom. The van der Waals surface area contributed by atoms with Crippen molar-refractivity contribution in [2.75, 3.05) is 31.9 Å². The molecule has 0 aliphatic carbocycles. The van der Waals surface area contributed by atoms with E-state index in [-0.39, 0.29) is 0 Å². The molecule has 178 valence electrons. The lowest BCUT2D eigenvalue weighted by molar-refractivity contribution is 0.0797. The van der Waals surface area contributed by atoms with Crippen molar-refractivity contribution >= 4 is 5.69 Å². The van der Waals surface area contributed by atoms with Crippen LogP contribution in [-0.4, -0.2) is 42.1 Å². The molecule has 2 aliphatic heterocycles. The minimum Gasteiger partial charge on any atom is -0.490 e. The number of ether oxygens (including phenoxy) is 1. The monoisotopic (exact) mass is 455 g/mol. The molecule has 0 spiro atoms. The number of likely N-dealkylation sites (tertiary alicyclic amines) is 1. The van der Waals surface area contributed by atoms with Gasteiger partial charge in [-0.3, -0.25) is 9.80 Å². The number of hydrogen-bond acceptors (Lipinski definition) is 4. The van der Waals surface area contributed by atoms with Crippen molar-refractivity contribution in [1.29, 1.82) is 0 Å². The molecule has 0 aromatic heterocycles. The minimum atomic E-state index is 0.291. The van der Waals surface area contributed by atoms with Gasteiger partial charge in [-0.1, -0.05) is 48.5 Å². The van der Waals surface area contributed by atoms with Crippen LogP contribution < -0.4 is 10.5 Å². The quantitative estimate of drug-likeness (QED) is 0.500. The summed E-state index contributed by atoms with van der Waals surface area (Å²) in [6.07, 6.45) is 4.70. The van der Waals surface area contributed by atoms with Crippen LogP contribution in [-0.2, 0) is 19.4 Å². The first-order chi connectivity index (χ1) is 16.6. The summed E-state index contributed by atoms with van der Waals surface area (Å²) in [6, 6.07) is 26.4. The zero-order valence-electron chi connectivity index (χ0n) is 20.3. The van der Waals surface area contributed by atoms with Gasteiger partial charge < -0.3 is 10.5 Å². The normalized spacial score (nSPS) is 18.7. The maximum absolute atomic E-state index is 6.36. The Kier molecular flexibility index (Phi) is 7.17. The summed E-state index contributed by atoms with van der Waals surface area (Å²) >= 11 is 0. The molecule has 0 radical (unpaired) electrons. The van der Waals surface area contributed by atoms with E-state index in [2.05, 4.69) is 77.4 Å². The van der Waals surface area contributed by atoms with Crippen LogP contribution in [0.1, 0.15) is 48.1 Å². The van der Waals surface area contributed by atoms with Gasteiger partial charge >= 0.3 is 0 Å². The number of hydrogen-bond donors (Lipinski definition) is 1. The number of fused-ring (bicyclic) bond motifs is 1. The molecule has 1 fully saturated rings. The van der Waals surface area contributed by atoms with Crippen LogP contribution in [0.15, 0.2) is 72.8 Å². The number of nitrogen functional groups attached to an aromatic ring is 1. The summed E-state index contributed by atoms with van der Waals surface area (Å²) in [5.41, 5.74) is 12.5. The van der Waals surface area contributed by atoms with Crippen molar-refractivity contribution < 1.29 is 4.74 Å². The molecule has 0 bridgehead atoms. The molecule has 1 saturated heterocycles. The Hall–Kier alpha value is -2.82. The van der Waals surface area contributed by atoms with Crippen LogP contribution in [0, 0.1) is 0 Å². The second-order valence-corrected chi connectivity index (χ2v) is 9.89. The molecule has 0 amide bonds. The molecule has 1 unspecified atom stereocenters. The highest BCUT2D eigenvalue weighted by Gasteiger charge is 2.24. The van der Waals surface area contributed by atoms with Crippen LogP contribution in [0.4, 0.5) is 5.69 Å². The van der Waals surface area contributed by atoms with Gasteiger partial charge in [0.15, 0.2) is 0 Å². The molecule has 2 heterocycles. The summed E-state index contributed by atoms with van der Waals surface area (Å²) in [5.74, 6) is 0.995. The third-order valence-electron chi connectivity index (χ3n) is 7.56. The van der Waals surface area contributed by atoms with Crippen molar-refractivity contribution in [3.05, 3.63) is 95.1 Å². The number of piperidine rings is 1.